The van der Waals surface area contributed by atoms with Crippen LogP contribution in [0.4, 0.5) is 5.69 Å². The lowest BCUT2D eigenvalue weighted by atomic mass is 10.2. The second-order valence-corrected chi connectivity index (χ2v) is 9.30. The van der Waals surface area contributed by atoms with Crippen LogP contribution in [0.3, 0.4) is 0 Å². The number of nitrogens with zero attached hydrogens (tertiary/aromatic N) is 2. The summed E-state index contributed by atoms with van der Waals surface area (Å²) >= 11 is 3.31. The van der Waals surface area contributed by atoms with Gasteiger partial charge in [0, 0.05) is 22.6 Å². The fourth-order valence-electron chi connectivity index (χ4n) is 2.60. The second-order valence-electron chi connectivity index (χ2n) is 6.32. The summed E-state index contributed by atoms with van der Waals surface area (Å²) in [5.74, 6) is -0.894. The number of sulfone groups is 1. The number of aryl methyl sites for hydroxylation is 1. The maximum atomic E-state index is 12.3. The Morgan fingerprint density at radius 3 is 2.55 bits per heavy atom. The molecule has 0 aliphatic heterocycles. The van der Waals surface area contributed by atoms with Gasteiger partial charge in [-0.3, -0.25) is 4.79 Å². The van der Waals surface area contributed by atoms with Crippen molar-refractivity contribution in [2.75, 3.05) is 11.1 Å². The Bertz CT molecular complexity index is 1120. The van der Waals surface area contributed by atoms with Crippen LogP contribution in [0.2, 0.25) is 0 Å². The molecule has 0 saturated heterocycles. The number of rotatable bonds is 7. The summed E-state index contributed by atoms with van der Waals surface area (Å²) in [4.78, 5) is 20.2. The van der Waals surface area contributed by atoms with Crippen LogP contribution in [-0.4, -0.2) is 30.0 Å². The van der Waals surface area contributed by atoms with Crippen LogP contribution in [0.5, 0.6) is 11.8 Å². The van der Waals surface area contributed by atoms with Gasteiger partial charge in [-0.15, -0.1) is 0 Å². The third kappa shape index (κ3) is 6.37. The topological polar surface area (TPSA) is 98.2 Å². The van der Waals surface area contributed by atoms with Crippen molar-refractivity contribution in [2.24, 2.45) is 0 Å². The normalized spacial score (nSPS) is 11.1. The van der Waals surface area contributed by atoms with Crippen molar-refractivity contribution in [1.82, 2.24) is 9.97 Å². The van der Waals surface area contributed by atoms with Gasteiger partial charge < -0.3 is 10.1 Å². The highest BCUT2D eigenvalue weighted by molar-refractivity contribution is 9.10. The molecule has 29 heavy (non-hydrogen) atoms. The molecule has 0 spiro atoms. The van der Waals surface area contributed by atoms with Gasteiger partial charge in [0.15, 0.2) is 9.84 Å². The van der Waals surface area contributed by atoms with Crippen molar-refractivity contribution < 1.29 is 17.9 Å². The number of nitrogens with one attached hydrogen (secondary N) is 1. The van der Waals surface area contributed by atoms with E-state index in [1.165, 1.54) is 0 Å². The van der Waals surface area contributed by atoms with Gasteiger partial charge in [0.05, 0.1) is 5.75 Å². The zero-order valence-electron chi connectivity index (χ0n) is 15.5. The van der Waals surface area contributed by atoms with Gasteiger partial charge in [-0.2, -0.15) is 0 Å². The molecule has 3 rings (SSSR count). The first-order valence-electron chi connectivity index (χ1n) is 8.61. The van der Waals surface area contributed by atoms with Gasteiger partial charge in [0.2, 0.25) is 5.91 Å². The molecule has 3 aromatic rings. The molecule has 0 bridgehead atoms. The summed E-state index contributed by atoms with van der Waals surface area (Å²) in [6.45, 7) is 1.78. The minimum Gasteiger partial charge on any atom is -0.424 e. The standard InChI is InChI=1S/C20H18BrN3O4S/c1-14-10-17(28-20-22-8-3-9-23-20)6-7-18(14)24-19(25)13-29(26,27)12-15-4-2-5-16(21)11-15/h2-11H,12-13H2,1H3,(H,24,25). The van der Waals surface area contributed by atoms with Crippen LogP contribution >= 0.6 is 15.9 Å². The van der Waals surface area contributed by atoms with E-state index >= 15 is 0 Å². The molecule has 0 radical (unpaired) electrons. The number of hydrogen-bond acceptors (Lipinski definition) is 6. The van der Waals surface area contributed by atoms with E-state index < -0.39 is 21.5 Å². The Kier molecular flexibility index (Phi) is 6.60. The molecular weight excluding hydrogens is 458 g/mol. The van der Waals surface area contributed by atoms with E-state index in [0.717, 1.165) is 10.0 Å². The summed E-state index contributed by atoms with van der Waals surface area (Å²) < 4.78 is 31.0. The van der Waals surface area contributed by atoms with Gasteiger partial charge >= 0.3 is 6.01 Å². The highest BCUT2D eigenvalue weighted by atomic mass is 79.9. The van der Waals surface area contributed by atoms with E-state index in [2.05, 4.69) is 31.2 Å². The van der Waals surface area contributed by atoms with E-state index in [-0.39, 0.29) is 11.8 Å². The minimum atomic E-state index is -3.61. The van der Waals surface area contributed by atoms with Crippen LogP contribution in [0.15, 0.2) is 65.4 Å². The first-order valence-corrected chi connectivity index (χ1v) is 11.2. The molecule has 1 aromatic heterocycles. The minimum absolute atomic E-state index is 0.206. The van der Waals surface area contributed by atoms with Gasteiger partial charge in [0.1, 0.15) is 11.5 Å². The Morgan fingerprint density at radius 2 is 1.86 bits per heavy atom. The van der Waals surface area contributed by atoms with Crippen molar-refractivity contribution >= 4 is 37.4 Å². The number of hydrogen-bond donors (Lipinski definition) is 1. The number of ether oxygens (including phenoxy) is 1. The molecule has 0 atom stereocenters. The monoisotopic (exact) mass is 475 g/mol. The van der Waals surface area contributed by atoms with Crippen LogP contribution in [0, 0.1) is 6.92 Å². The fraction of sp³-hybridized carbons (Fsp3) is 0.150. The molecular formula is C20H18BrN3O4S. The number of halogens is 1. The van der Waals surface area contributed by atoms with Gasteiger partial charge in [0.25, 0.3) is 0 Å². The van der Waals surface area contributed by atoms with Crippen LogP contribution in [0.1, 0.15) is 11.1 Å². The van der Waals surface area contributed by atoms with Gasteiger partial charge in [-0.1, -0.05) is 28.1 Å². The molecule has 1 N–H and O–H groups in total. The van der Waals surface area contributed by atoms with Crippen LogP contribution < -0.4 is 10.1 Å². The smallest absolute Gasteiger partial charge is 0.321 e. The zero-order chi connectivity index (χ0) is 20.9. The average molecular weight is 476 g/mol. The summed E-state index contributed by atoms with van der Waals surface area (Å²) in [6.07, 6.45) is 3.14. The zero-order valence-corrected chi connectivity index (χ0v) is 17.9. The lowest BCUT2D eigenvalue weighted by molar-refractivity contribution is -0.113. The Labute approximate surface area is 177 Å². The van der Waals surface area contributed by atoms with E-state index in [1.54, 1.807) is 61.8 Å². The Hall–Kier alpha value is -2.78. The largest absolute Gasteiger partial charge is 0.424 e. The molecule has 0 saturated carbocycles. The second kappa shape index (κ2) is 9.15. The SMILES string of the molecule is Cc1cc(Oc2ncccn2)ccc1NC(=O)CS(=O)(=O)Cc1cccc(Br)c1. The predicted molar refractivity (Wildman–Crippen MR) is 114 cm³/mol. The third-order valence-corrected chi connectivity index (χ3v) is 5.82. The number of carbonyl (C=O) groups excluding carboxylic acids is 1. The van der Waals surface area contributed by atoms with Crippen LogP contribution in [-0.2, 0) is 20.4 Å². The maximum Gasteiger partial charge on any atom is 0.321 e. The molecule has 1 amide bonds. The number of amides is 1. The van der Waals surface area contributed by atoms with E-state index in [9.17, 15) is 13.2 Å². The molecule has 0 fully saturated rings. The molecule has 0 unspecified atom stereocenters. The number of anilines is 1. The van der Waals surface area contributed by atoms with Gasteiger partial charge in [-0.25, -0.2) is 18.4 Å². The number of benzene rings is 2. The Morgan fingerprint density at radius 1 is 1.10 bits per heavy atom. The van der Waals surface area contributed by atoms with Crippen molar-refractivity contribution in [2.45, 2.75) is 12.7 Å². The fourth-order valence-corrected chi connectivity index (χ4v) is 4.31. The average Bonchev–Trinajstić information content (AvgIpc) is 2.64. The lowest BCUT2D eigenvalue weighted by Gasteiger charge is -2.11. The quantitative estimate of drug-likeness (QED) is 0.556. The summed E-state index contributed by atoms with van der Waals surface area (Å²) in [5, 5.41) is 2.64. The number of carbonyl (C=O) groups is 1. The number of aromatic nitrogens is 2. The molecule has 150 valence electrons. The predicted octanol–water partition coefficient (Wildman–Crippen LogP) is 3.89. The molecule has 1 heterocycles. The molecule has 2 aromatic carbocycles. The molecule has 0 aliphatic rings. The first kappa shape index (κ1) is 20.9. The van der Waals surface area contributed by atoms with Crippen LogP contribution in [0.25, 0.3) is 0 Å². The third-order valence-electron chi connectivity index (χ3n) is 3.85. The highest BCUT2D eigenvalue weighted by Gasteiger charge is 2.18. The lowest BCUT2D eigenvalue weighted by Crippen LogP contribution is -2.24. The van der Waals surface area contributed by atoms with E-state index in [0.29, 0.717) is 17.0 Å². The molecule has 0 aliphatic carbocycles. The maximum absolute atomic E-state index is 12.3. The van der Waals surface area contributed by atoms with Crippen molar-refractivity contribution in [3.8, 4) is 11.8 Å². The summed E-state index contributed by atoms with van der Waals surface area (Å²) in [6, 6.07) is 13.9. The molecule has 9 heteroatoms. The van der Waals surface area contributed by atoms with Crippen molar-refractivity contribution in [3.63, 3.8) is 0 Å². The summed E-state index contributed by atoms with van der Waals surface area (Å²) in [7, 11) is -3.61. The highest BCUT2D eigenvalue weighted by Crippen LogP contribution is 2.24. The van der Waals surface area contributed by atoms with Crippen molar-refractivity contribution in [1.29, 1.82) is 0 Å². The first-order chi connectivity index (χ1) is 13.8. The Balaban J connectivity index is 1.62. The van der Waals surface area contributed by atoms with Crippen molar-refractivity contribution in [3.05, 3.63) is 76.5 Å². The molecule has 7 nitrogen and oxygen atoms in total. The van der Waals surface area contributed by atoms with E-state index in [1.807, 2.05) is 6.07 Å². The summed E-state index contributed by atoms with van der Waals surface area (Å²) in [5.41, 5.74) is 1.85. The van der Waals surface area contributed by atoms with Gasteiger partial charge in [-0.05, 0) is 54.4 Å². The van der Waals surface area contributed by atoms with E-state index in [4.69, 9.17) is 4.74 Å².